The van der Waals surface area contributed by atoms with Gasteiger partial charge in [0.15, 0.2) is 5.82 Å². The van der Waals surface area contributed by atoms with Crippen molar-refractivity contribution >= 4 is 38.1 Å². The summed E-state index contributed by atoms with van der Waals surface area (Å²) >= 11 is 0. The van der Waals surface area contributed by atoms with E-state index < -0.39 is 0 Å². The van der Waals surface area contributed by atoms with Crippen molar-refractivity contribution in [3.8, 4) is 78.4 Å². The molecule has 0 radical (unpaired) electrons. The molecular formula is C60H41N3. The second-order valence-electron chi connectivity index (χ2n) is 16.8. The monoisotopic (exact) mass is 803 g/mol. The average Bonchev–Trinajstić information content (AvgIpc) is 3.86. The number of rotatable bonds is 7. The lowest BCUT2D eigenvalue weighted by Crippen LogP contribution is -1.96. The van der Waals surface area contributed by atoms with Gasteiger partial charge < -0.3 is 4.40 Å². The lowest BCUT2D eigenvalue weighted by molar-refractivity contribution is 1.18. The summed E-state index contributed by atoms with van der Waals surface area (Å²) in [7, 11) is 0. The fourth-order valence-electron chi connectivity index (χ4n) is 9.66. The smallest absolute Gasteiger partial charge is 0.160 e. The molecule has 0 aliphatic heterocycles. The first-order valence-corrected chi connectivity index (χ1v) is 21.6. The fourth-order valence-corrected chi connectivity index (χ4v) is 9.66. The normalized spacial score (nSPS) is 11.7. The highest BCUT2D eigenvalue weighted by Crippen LogP contribution is 2.42. The minimum atomic E-state index is 0.712. The van der Waals surface area contributed by atoms with Crippen LogP contribution in [0.1, 0.15) is 11.1 Å². The third-order valence-corrected chi connectivity index (χ3v) is 12.6. The van der Waals surface area contributed by atoms with Gasteiger partial charge in [-0.2, -0.15) is 0 Å². The van der Waals surface area contributed by atoms with Crippen LogP contribution in [0, 0.1) is 13.8 Å². The number of para-hydroxylation sites is 1. The molecule has 0 N–H and O–H groups in total. The summed E-state index contributed by atoms with van der Waals surface area (Å²) in [6, 6.07) is 76.8. The van der Waals surface area contributed by atoms with Crippen LogP contribution in [0.3, 0.4) is 0 Å². The van der Waals surface area contributed by atoms with E-state index in [1.54, 1.807) is 0 Å². The second kappa shape index (κ2) is 14.8. The first kappa shape index (κ1) is 36.7. The van der Waals surface area contributed by atoms with E-state index in [0.717, 1.165) is 39.2 Å². The molecule has 3 aromatic heterocycles. The number of fused-ring (bicyclic) bond motifs is 6. The van der Waals surface area contributed by atoms with Crippen LogP contribution in [0.15, 0.2) is 212 Å². The number of aromatic nitrogens is 3. The Morgan fingerprint density at radius 2 is 0.698 bits per heavy atom. The van der Waals surface area contributed by atoms with E-state index in [9.17, 15) is 0 Å². The van der Waals surface area contributed by atoms with Crippen molar-refractivity contribution in [2.24, 2.45) is 0 Å². The van der Waals surface area contributed by atoms with Gasteiger partial charge in [-0.05, 0) is 94.8 Å². The number of nitrogens with zero attached hydrogens (tertiary/aromatic N) is 3. The minimum Gasteiger partial charge on any atom is -0.308 e. The zero-order chi connectivity index (χ0) is 42.0. The molecule has 0 unspecified atom stereocenters. The van der Waals surface area contributed by atoms with Gasteiger partial charge in [0, 0.05) is 38.2 Å². The van der Waals surface area contributed by atoms with Gasteiger partial charge in [-0.15, -0.1) is 0 Å². The summed E-state index contributed by atoms with van der Waals surface area (Å²) in [5, 5.41) is 5.15. The van der Waals surface area contributed by atoms with Crippen molar-refractivity contribution in [2.75, 3.05) is 0 Å². The van der Waals surface area contributed by atoms with E-state index in [4.69, 9.17) is 9.97 Å². The Labute approximate surface area is 366 Å². The van der Waals surface area contributed by atoms with Crippen LogP contribution >= 0.6 is 0 Å². The van der Waals surface area contributed by atoms with Crippen LogP contribution < -0.4 is 0 Å². The van der Waals surface area contributed by atoms with Crippen LogP contribution in [0.5, 0.6) is 0 Å². The highest BCUT2D eigenvalue weighted by atomic mass is 14.9. The summed E-state index contributed by atoms with van der Waals surface area (Å²) in [6.07, 6.45) is 0. The van der Waals surface area contributed by atoms with Gasteiger partial charge in [0.05, 0.1) is 27.9 Å². The number of hydrogen-bond donors (Lipinski definition) is 0. The van der Waals surface area contributed by atoms with Crippen LogP contribution in [-0.2, 0) is 0 Å². The van der Waals surface area contributed by atoms with Gasteiger partial charge in [0.1, 0.15) is 0 Å². The van der Waals surface area contributed by atoms with Crippen molar-refractivity contribution < 1.29 is 0 Å². The van der Waals surface area contributed by atoms with Crippen LogP contribution in [0.4, 0.5) is 0 Å². The number of aryl methyl sites for hydroxylation is 2. The fraction of sp³-hybridized carbons (Fsp3) is 0.0333. The van der Waals surface area contributed by atoms with E-state index in [1.165, 1.54) is 82.6 Å². The zero-order valence-corrected chi connectivity index (χ0v) is 35.0. The second-order valence-corrected chi connectivity index (χ2v) is 16.8. The average molecular weight is 804 g/mol. The van der Waals surface area contributed by atoms with Crippen LogP contribution in [0.2, 0.25) is 0 Å². The van der Waals surface area contributed by atoms with Crippen molar-refractivity contribution in [3.63, 3.8) is 0 Å². The molecule has 296 valence electrons. The molecule has 3 heteroatoms. The van der Waals surface area contributed by atoms with Crippen molar-refractivity contribution in [3.05, 3.63) is 223 Å². The maximum atomic E-state index is 5.10. The molecule has 0 aliphatic carbocycles. The number of hydrogen-bond acceptors (Lipinski definition) is 2. The minimum absolute atomic E-state index is 0.712. The van der Waals surface area contributed by atoms with Crippen molar-refractivity contribution in [1.29, 1.82) is 0 Å². The standard InChI is InChI=1S/C60H41N3/c1-38-29-39(2)31-50(30-38)48-26-28-52-54-24-12-23-53-51-27-25-47(35-57(51)63(59(53)54)58(52)36-48)45-20-10-18-43(33-45)42-17-9-19-44(32-42)46-21-11-22-49(34-46)56-37-55(40-13-5-3-6-14-40)61-60(62-56)41-15-7-4-8-16-41/h3-37H,1-2H3. The summed E-state index contributed by atoms with van der Waals surface area (Å²) in [5.74, 6) is 0.712. The van der Waals surface area contributed by atoms with Gasteiger partial charge in [0.25, 0.3) is 0 Å². The molecule has 0 saturated carbocycles. The lowest BCUT2D eigenvalue weighted by Gasteiger charge is -2.12. The molecule has 0 atom stereocenters. The highest BCUT2D eigenvalue weighted by Gasteiger charge is 2.19. The van der Waals surface area contributed by atoms with E-state index >= 15 is 0 Å². The largest absolute Gasteiger partial charge is 0.308 e. The summed E-state index contributed by atoms with van der Waals surface area (Å²) in [4.78, 5) is 10.1. The Hall–Kier alpha value is -8.14. The van der Waals surface area contributed by atoms with Gasteiger partial charge in [-0.1, -0.05) is 187 Å². The SMILES string of the molecule is Cc1cc(C)cc(-c2ccc3c4cccc5c6ccc(-c7cccc(-c8cccc(-c9cccc(-c%10cc(-c%11ccccc%11)nc(-c%11ccccc%11)n%10)c9)c8)c7)cc6n(c3c2)c45)c1. The van der Waals surface area contributed by atoms with E-state index in [1.807, 2.05) is 24.3 Å². The van der Waals surface area contributed by atoms with Gasteiger partial charge in [0.2, 0.25) is 0 Å². The molecule has 0 bridgehead atoms. The third-order valence-electron chi connectivity index (χ3n) is 12.6. The quantitative estimate of drug-likeness (QED) is 0.161. The molecule has 63 heavy (non-hydrogen) atoms. The molecule has 9 aromatic carbocycles. The van der Waals surface area contributed by atoms with Gasteiger partial charge in [-0.3, -0.25) is 0 Å². The molecule has 0 spiro atoms. The van der Waals surface area contributed by atoms with Crippen molar-refractivity contribution in [1.82, 2.24) is 14.4 Å². The van der Waals surface area contributed by atoms with Crippen LogP contribution in [0.25, 0.3) is 117 Å². The zero-order valence-electron chi connectivity index (χ0n) is 35.0. The lowest BCUT2D eigenvalue weighted by atomic mass is 9.95. The van der Waals surface area contributed by atoms with E-state index in [-0.39, 0.29) is 0 Å². The molecule has 0 fully saturated rings. The van der Waals surface area contributed by atoms with Crippen LogP contribution in [-0.4, -0.2) is 14.4 Å². The molecule has 0 amide bonds. The Morgan fingerprint density at radius 1 is 0.286 bits per heavy atom. The third kappa shape index (κ3) is 6.45. The predicted molar refractivity (Wildman–Crippen MR) is 264 cm³/mol. The van der Waals surface area contributed by atoms with Crippen molar-refractivity contribution in [2.45, 2.75) is 13.8 Å². The van der Waals surface area contributed by atoms with Gasteiger partial charge >= 0.3 is 0 Å². The Bertz CT molecular complexity index is 3620. The molecule has 12 rings (SSSR count). The summed E-state index contributed by atoms with van der Waals surface area (Å²) in [5.41, 5.74) is 20.7. The summed E-state index contributed by atoms with van der Waals surface area (Å²) in [6.45, 7) is 4.36. The maximum Gasteiger partial charge on any atom is 0.160 e. The first-order valence-electron chi connectivity index (χ1n) is 21.6. The highest BCUT2D eigenvalue weighted by molar-refractivity contribution is 6.23. The number of benzene rings is 9. The Kier molecular flexibility index (Phi) is 8.62. The molecule has 3 nitrogen and oxygen atoms in total. The topological polar surface area (TPSA) is 30.2 Å². The Morgan fingerprint density at radius 3 is 1.24 bits per heavy atom. The van der Waals surface area contributed by atoms with E-state index in [2.05, 4.69) is 206 Å². The molecule has 3 heterocycles. The molecule has 12 aromatic rings. The molecule has 0 saturated heterocycles. The molecular weight excluding hydrogens is 763 g/mol. The first-order chi connectivity index (χ1) is 31.0. The Balaban J connectivity index is 0.917. The van der Waals surface area contributed by atoms with Gasteiger partial charge in [-0.25, -0.2) is 9.97 Å². The predicted octanol–water partition coefficient (Wildman–Crippen LogP) is 15.9. The summed E-state index contributed by atoms with van der Waals surface area (Å²) < 4.78 is 2.50. The van der Waals surface area contributed by atoms with E-state index in [0.29, 0.717) is 5.82 Å². The molecule has 0 aliphatic rings. The maximum absolute atomic E-state index is 5.10.